The van der Waals surface area contributed by atoms with E-state index in [9.17, 15) is 28.7 Å². The molecule has 0 atom stereocenters. The highest BCUT2D eigenvalue weighted by Gasteiger charge is 2.28. The molecule has 31 heavy (non-hydrogen) atoms. The predicted octanol–water partition coefficient (Wildman–Crippen LogP) is 2.52. The molecule has 0 saturated carbocycles. The van der Waals surface area contributed by atoms with E-state index in [1.54, 1.807) is 0 Å². The third-order valence-corrected chi connectivity index (χ3v) is 7.42. The van der Waals surface area contributed by atoms with Crippen LogP contribution >= 0.6 is 15.2 Å². The predicted molar refractivity (Wildman–Crippen MR) is 121 cm³/mol. The molecular weight excluding hydrogens is 438 g/mol. The van der Waals surface area contributed by atoms with Crippen LogP contribution in [0.2, 0.25) is 0 Å². The van der Waals surface area contributed by atoms with E-state index >= 15 is 0 Å². The summed E-state index contributed by atoms with van der Waals surface area (Å²) < 4.78 is 22.7. The molecular formula is C21H30N2O6P2. The van der Waals surface area contributed by atoms with Crippen LogP contribution in [0.4, 0.5) is 5.69 Å². The van der Waals surface area contributed by atoms with Gasteiger partial charge in [-0.25, -0.2) is 0 Å². The van der Waals surface area contributed by atoms with Gasteiger partial charge < -0.3 is 24.5 Å². The Kier molecular flexibility index (Phi) is 8.11. The zero-order chi connectivity index (χ0) is 22.5. The fourth-order valence-corrected chi connectivity index (χ4v) is 6.10. The lowest BCUT2D eigenvalue weighted by Crippen LogP contribution is -2.45. The van der Waals surface area contributed by atoms with Gasteiger partial charge in [0, 0.05) is 38.4 Å². The standard InChI is InChI=1S/C21H30N2O6P2/c24-30(25,26)16-20(17-31(27,28)29)14-18-6-8-19(9-7-18)15-22-10-12-23(13-11-22)21-4-2-1-3-5-21/h1-9,20H,10-17H2,(H2,24,25,26)(H2,27,28,29). The fourth-order valence-electron chi connectivity index (χ4n) is 4.03. The van der Waals surface area contributed by atoms with Crippen LogP contribution in [0.1, 0.15) is 11.1 Å². The van der Waals surface area contributed by atoms with Crippen LogP contribution in [0.3, 0.4) is 0 Å². The average molecular weight is 468 g/mol. The largest absolute Gasteiger partial charge is 0.369 e. The molecule has 1 heterocycles. The molecule has 0 aromatic heterocycles. The van der Waals surface area contributed by atoms with Crippen molar-refractivity contribution >= 4 is 20.9 Å². The number of anilines is 1. The highest BCUT2D eigenvalue weighted by atomic mass is 31.2. The second-order valence-corrected chi connectivity index (χ2v) is 11.6. The van der Waals surface area contributed by atoms with Crippen LogP contribution in [-0.4, -0.2) is 63.0 Å². The first-order valence-corrected chi connectivity index (χ1v) is 13.9. The van der Waals surface area contributed by atoms with Gasteiger partial charge in [-0.3, -0.25) is 14.0 Å². The molecule has 1 aliphatic heterocycles. The molecule has 4 N–H and O–H groups in total. The van der Waals surface area contributed by atoms with Gasteiger partial charge in [0.05, 0.1) is 12.3 Å². The molecule has 170 valence electrons. The Morgan fingerprint density at radius 2 is 1.26 bits per heavy atom. The summed E-state index contributed by atoms with van der Waals surface area (Å²) in [5.74, 6) is -0.779. The number of hydrogen-bond donors (Lipinski definition) is 4. The van der Waals surface area contributed by atoms with Crippen molar-refractivity contribution in [1.29, 1.82) is 0 Å². The second-order valence-electron chi connectivity index (χ2n) is 8.18. The van der Waals surface area contributed by atoms with E-state index in [0.29, 0.717) is 0 Å². The zero-order valence-corrected chi connectivity index (χ0v) is 19.1. The summed E-state index contributed by atoms with van der Waals surface area (Å²) in [4.78, 5) is 41.7. The van der Waals surface area contributed by atoms with Crippen molar-refractivity contribution in [2.75, 3.05) is 43.4 Å². The quantitative estimate of drug-likeness (QED) is 0.415. The minimum absolute atomic E-state index is 0.215. The van der Waals surface area contributed by atoms with Crippen LogP contribution in [0.5, 0.6) is 0 Å². The minimum Gasteiger partial charge on any atom is -0.369 e. The molecule has 10 heteroatoms. The van der Waals surface area contributed by atoms with Gasteiger partial charge in [-0.2, -0.15) is 0 Å². The second kappa shape index (κ2) is 10.4. The minimum atomic E-state index is -4.36. The van der Waals surface area contributed by atoms with Gasteiger partial charge in [0.1, 0.15) is 0 Å². The Morgan fingerprint density at radius 3 is 1.77 bits per heavy atom. The Bertz CT molecular complexity index is 897. The number of para-hydroxylation sites is 1. The van der Waals surface area contributed by atoms with Gasteiger partial charge in [0.25, 0.3) is 0 Å². The van der Waals surface area contributed by atoms with Crippen molar-refractivity contribution in [2.24, 2.45) is 5.92 Å². The van der Waals surface area contributed by atoms with Crippen molar-refractivity contribution in [3.8, 4) is 0 Å². The van der Waals surface area contributed by atoms with Crippen molar-refractivity contribution < 1.29 is 28.7 Å². The Morgan fingerprint density at radius 1 is 0.742 bits per heavy atom. The molecule has 1 aliphatic rings. The van der Waals surface area contributed by atoms with Crippen molar-refractivity contribution in [2.45, 2.75) is 13.0 Å². The van der Waals surface area contributed by atoms with E-state index in [1.807, 2.05) is 42.5 Å². The third kappa shape index (κ3) is 8.51. The number of hydrogen-bond acceptors (Lipinski definition) is 4. The zero-order valence-electron chi connectivity index (χ0n) is 17.3. The molecule has 0 aliphatic carbocycles. The lowest BCUT2D eigenvalue weighted by Gasteiger charge is -2.36. The van der Waals surface area contributed by atoms with Gasteiger partial charge in [-0.1, -0.05) is 42.5 Å². The summed E-state index contributed by atoms with van der Waals surface area (Å²) >= 11 is 0. The fraction of sp³-hybridized carbons (Fsp3) is 0.429. The Hall–Kier alpha value is -1.50. The number of benzene rings is 2. The van der Waals surface area contributed by atoms with E-state index < -0.39 is 33.4 Å². The maximum Gasteiger partial charge on any atom is 0.325 e. The van der Waals surface area contributed by atoms with Gasteiger partial charge in [-0.15, -0.1) is 0 Å². The molecule has 1 saturated heterocycles. The lowest BCUT2D eigenvalue weighted by molar-refractivity contribution is 0.250. The average Bonchev–Trinajstić information content (AvgIpc) is 2.68. The van der Waals surface area contributed by atoms with Crippen LogP contribution < -0.4 is 4.90 Å². The summed E-state index contributed by atoms with van der Waals surface area (Å²) in [7, 11) is -8.72. The summed E-state index contributed by atoms with van der Waals surface area (Å²) in [6, 6.07) is 18.1. The lowest BCUT2D eigenvalue weighted by atomic mass is 10.0. The maximum absolute atomic E-state index is 11.3. The van der Waals surface area contributed by atoms with E-state index in [4.69, 9.17) is 0 Å². The van der Waals surface area contributed by atoms with E-state index in [-0.39, 0.29) is 6.42 Å². The molecule has 0 radical (unpaired) electrons. The first-order chi connectivity index (χ1) is 14.6. The highest BCUT2D eigenvalue weighted by Crippen LogP contribution is 2.44. The SMILES string of the molecule is O=P(O)(O)CC(Cc1ccc(CN2CCN(c3ccccc3)CC2)cc1)CP(=O)(O)O. The molecule has 8 nitrogen and oxygen atoms in total. The van der Waals surface area contributed by atoms with Crippen molar-refractivity contribution in [3.63, 3.8) is 0 Å². The van der Waals surface area contributed by atoms with E-state index in [1.165, 1.54) is 5.69 Å². The smallest absolute Gasteiger partial charge is 0.325 e. The molecule has 0 bridgehead atoms. The first kappa shape index (κ1) is 24.1. The maximum atomic E-state index is 11.3. The highest BCUT2D eigenvalue weighted by molar-refractivity contribution is 7.52. The summed E-state index contributed by atoms with van der Waals surface area (Å²) in [5.41, 5.74) is 3.19. The molecule has 1 fully saturated rings. The van der Waals surface area contributed by atoms with Crippen molar-refractivity contribution in [1.82, 2.24) is 4.90 Å². The van der Waals surface area contributed by atoms with Gasteiger partial charge in [0.15, 0.2) is 0 Å². The summed E-state index contributed by atoms with van der Waals surface area (Å²) in [6.45, 7) is 4.67. The Labute approximate surface area is 182 Å². The number of piperazine rings is 1. The van der Waals surface area contributed by atoms with Gasteiger partial charge >= 0.3 is 15.2 Å². The summed E-state index contributed by atoms with van der Waals surface area (Å²) in [5, 5.41) is 0. The molecule has 3 rings (SSSR count). The molecule has 0 amide bonds. The number of nitrogens with zero attached hydrogens (tertiary/aromatic N) is 2. The number of rotatable bonds is 9. The molecule has 2 aromatic carbocycles. The van der Waals surface area contributed by atoms with Crippen molar-refractivity contribution in [3.05, 3.63) is 65.7 Å². The Balaban J connectivity index is 1.53. The molecule has 0 spiro atoms. The third-order valence-electron chi connectivity index (χ3n) is 5.44. The van der Waals surface area contributed by atoms with Crippen LogP contribution in [0.15, 0.2) is 54.6 Å². The van der Waals surface area contributed by atoms with Gasteiger partial charge in [-0.05, 0) is 35.6 Å². The van der Waals surface area contributed by atoms with Crippen LogP contribution in [-0.2, 0) is 22.1 Å². The van der Waals surface area contributed by atoms with Crippen LogP contribution in [0.25, 0.3) is 0 Å². The monoisotopic (exact) mass is 468 g/mol. The van der Waals surface area contributed by atoms with Gasteiger partial charge in [0.2, 0.25) is 0 Å². The van der Waals surface area contributed by atoms with E-state index in [0.717, 1.165) is 43.9 Å². The normalized spacial score (nSPS) is 16.1. The topological polar surface area (TPSA) is 122 Å². The molecule has 2 aromatic rings. The van der Waals surface area contributed by atoms with E-state index in [2.05, 4.69) is 21.9 Å². The summed E-state index contributed by atoms with van der Waals surface area (Å²) in [6.07, 6.45) is -0.858. The van der Waals surface area contributed by atoms with Crippen LogP contribution in [0, 0.1) is 5.92 Å². The first-order valence-electron chi connectivity index (χ1n) is 10.3. The molecule has 0 unspecified atom stereocenters.